The van der Waals surface area contributed by atoms with Crippen molar-refractivity contribution in [1.29, 1.82) is 0 Å². The van der Waals surface area contributed by atoms with Crippen molar-refractivity contribution in [3.8, 4) is 0 Å². The summed E-state index contributed by atoms with van der Waals surface area (Å²) in [6.07, 6.45) is 6.75. The van der Waals surface area contributed by atoms with Gasteiger partial charge in [0.05, 0.1) is 6.54 Å². The van der Waals surface area contributed by atoms with Crippen LogP contribution in [0.2, 0.25) is 5.02 Å². The molecule has 31 heavy (non-hydrogen) atoms. The number of fused-ring (bicyclic) bond motifs is 1. The number of nitrogens with one attached hydrogen (secondary N) is 2. The quantitative estimate of drug-likeness (QED) is 0.321. The molecule has 1 aliphatic carbocycles. The first-order chi connectivity index (χ1) is 14.6. The Balaban J connectivity index is 0.00000272. The summed E-state index contributed by atoms with van der Waals surface area (Å²) in [6.45, 7) is 2.09. The molecule has 170 valence electrons. The minimum absolute atomic E-state index is 0. The molecule has 2 N–H and O–H groups in total. The highest BCUT2D eigenvalue weighted by atomic mass is 127. The number of hydrogen-bond acceptors (Lipinski definition) is 4. The predicted octanol–water partition coefficient (Wildman–Crippen LogP) is 3.69. The van der Waals surface area contributed by atoms with Crippen molar-refractivity contribution in [3.63, 3.8) is 0 Å². The molecule has 7 nitrogen and oxygen atoms in total. The highest BCUT2D eigenvalue weighted by molar-refractivity contribution is 14.0. The van der Waals surface area contributed by atoms with Crippen LogP contribution in [0.3, 0.4) is 0 Å². The van der Waals surface area contributed by atoms with Crippen molar-refractivity contribution in [2.45, 2.75) is 63.1 Å². The van der Waals surface area contributed by atoms with Gasteiger partial charge in [-0.3, -0.25) is 4.99 Å². The molecule has 1 unspecified atom stereocenters. The van der Waals surface area contributed by atoms with Crippen LogP contribution in [-0.4, -0.2) is 47.5 Å². The summed E-state index contributed by atoms with van der Waals surface area (Å²) in [5.74, 6) is 2.63. The van der Waals surface area contributed by atoms with Gasteiger partial charge in [-0.05, 0) is 37.0 Å². The van der Waals surface area contributed by atoms with Gasteiger partial charge in [0.2, 0.25) is 0 Å². The number of guanidine groups is 1. The van der Waals surface area contributed by atoms with Crippen molar-refractivity contribution < 1.29 is 4.74 Å². The second-order valence-corrected chi connectivity index (χ2v) is 8.80. The molecule has 1 saturated carbocycles. The molecule has 9 heteroatoms. The monoisotopic (exact) mass is 558 g/mol. The van der Waals surface area contributed by atoms with E-state index in [4.69, 9.17) is 16.3 Å². The van der Waals surface area contributed by atoms with Gasteiger partial charge in [0.1, 0.15) is 12.4 Å². The lowest BCUT2D eigenvalue weighted by molar-refractivity contribution is 0.177. The first-order valence-electron chi connectivity index (χ1n) is 10.8. The Hall–Kier alpha value is -1.39. The molecule has 0 amide bonds. The van der Waals surface area contributed by atoms with Crippen LogP contribution in [0, 0.1) is 0 Å². The van der Waals surface area contributed by atoms with Gasteiger partial charge in [0, 0.05) is 43.6 Å². The van der Waals surface area contributed by atoms with Gasteiger partial charge in [-0.25, -0.2) is 9.67 Å². The van der Waals surface area contributed by atoms with Gasteiger partial charge in [-0.1, -0.05) is 36.6 Å². The Labute approximate surface area is 206 Å². The van der Waals surface area contributed by atoms with Crippen LogP contribution >= 0.6 is 35.6 Å². The molecule has 0 spiro atoms. The van der Waals surface area contributed by atoms with Gasteiger partial charge in [0.25, 0.3) is 0 Å². The average Bonchev–Trinajstić information content (AvgIpc) is 3.38. The molecule has 1 fully saturated rings. The summed E-state index contributed by atoms with van der Waals surface area (Å²) >= 11 is 6.29. The second kappa shape index (κ2) is 11.0. The van der Waals surface area contributed by atoms with E-state index in [1.165, 1.54) is 31.2 Å². The first kappa shape index (κ1) is 24.3. The topological polar surface area (TPSA) is 76.4 Å². The molecule has 2 heterocycles. The number of ether oxygens (including phenoxy) is 1. The van der Waals surface area contributed by atoms with Crippen LogP contribution in [0.25, 0.3) is 0 Å². The van der Waals surface area contributed by atoms with E-state index in [-0.39, 0.29) is 35.4 Å². The first-order valence-corrected chi connectivity index (χ1v) is 11.1. The fourth-order valence-corrected chi connectivity index (χ4v) is 4.94. The molecular weight excluding hydrogens is 527 g/mol. The van der Waals surface area contributed by atoms with Crippen LogP contribution in [0.5, 0.6) is 0 Å². The zero-order valence-electron chi connectivity index (χ0n) is 18.2. The molecule has 4 rings (SSSR count). The molecule has 0 bridgehead atoms. The van der Waals surface area contributed by atoms with Crippen LogP contribution in [0.4, 0.5) is 0 Å². The minimum atomic E-state index is 0. The fraction of sp³-hybridized carbons (Fsp3) is 0.591. The normalized spacial score (nSPS) is 20.1. The van der Waals surface area contributed by atoms with Gasteiger partial charge in [-0.15, -0.1) is 24.0 Å². The predicted molar refractivity (Wildman–Crippen MR) is 134 cm³/mol. The van der Waals surface area contributed by atoms with E-state index in [0.29, 0.717) is 6.61 Å². The van der Waals surface area contributed by atoms with Crippen molar-refractivity contribution in [2.24, 2.45) is 4.99 Å². The number of aliphatic imine (C=N–C) groups is 1. The second-order valence-electron chi connectivity index (χ2n) is 8.36. The maximum Gasteiger partial charge on any atom is 0.191 e. The van der Waals surface area contributed by atoms with Crippen molar-refractivity contribution in [3.05, 3.63) is 46.5 Å². The largest absolute Gasteiger partial charge is 0.377 e. The van der Waals surface area contributed by atoms with Crippen LogP contribution in [0.1, 0.15) is 49.3 Å². The molecular formula is C22H32ClIN6O. The lowest BCUT2D eigenvalue weighted by atomic mass is 9.79. The SMILES string of the molecule is CN=C(NCC1(c2cccc(Cl)c2)CCCC1)NC1CCc2nc(COC)nn2C1.I. The van der Waals surface area contributed by atoms with Crippen molar-refractivity contribution in [2.75, 3.05) is 20.7 Å². The molecule has 1 aromatic carbocycles. The fourth-order valence-electron chi connectivity index (χ4n) is 4.75. The lowest BCUT2D eigenvalue weighted by Gasteiger charge is -2.32. The third-order valence-corrected chi connectivity index (χ3v) is 6.57. The zero-order chi connectivity index (χ0) is 21.0. The van der Waals surface area contributed by atoms with Crippen LogP contribution in [0.15, 0.2) is 29.3 Å². The summed E-state index contributed by atoms with van der Waals surface area (Å²) in [7, 11) is 3.50. The van der Waals surface area contributed by atoms with E-state index in [9.17, 15) is 0 Å². The number of halogens is 2. The smallest absolute Gasteiger partial charge is 0.191 e. The van der Waals surface area contributed by atoms with E-state index in [2.05, 4.69) is 43.9 Å². The molecule has 0 radical (unpaired) electrons. The standard InChI is InChI=1S/C22H31ClN6O.HI/c1-24-21(26-18-8-9-20-27-19(14-30-2)28-29(20)13-18)25-15-22(10-3-4-11-22)16-6-5-7-17(23)12-16;/h5-7,12,18H,3-4,8-11,13-15H2,1-2H3,(H2,24,25,26);1H. The number of nitrogens with zero attached hydrogens (tertiary/aromatic N) is 4. The van der Waals surface area contributed by atoms with Gasteiger partial charge in [0.15, 0.2) is 11.8 Å². The van der Waals surface area contributed by atoms with Crippen molar-refractivity contribution in [1.82, 2.24) is 25.4 Å². The number of benzene rings is 1. The molecule has 1 atom stereocenters. The summed E-state index contributed by atoms with van der Waals surface area (Å²) < 4.78 is 7.15. The maximum atomic E-state index is 6.29. The molecule has 2 aromatic rings. The number of aromatic nitrogens is 3. The van der Waals surface area contributed by atoms with Gasteiger partial charge < -0.3 is 15.4 Å². The molecule has 0 saturated heterocycles. The Morgan fingerprint density at radius 1 is 1.35 bits per heavy atom. The molecule has 1 aliphatic heterocycles. The highest BCUT2D eigenvalue weighted by Gasteiger charge is 2.36. The number of methoxy groups -OCH3 is 1. The van der Waals surface area contributed by atoms with Crippen LogP contribution in [-0.2, 0) is 29.7 Å². The Morgan fingerprint density at radius 3 is 2.87 bits per heavy atom. The zero-order valence-corrected chi connectivity index (χ0v) is 21.3. The number of rotatable bonds is 6. The maximum absolute atomic E-state index is 6.29. The lowest BCUT2D eigenvalue weighted by Crippen LogP contribution is -2.50. The van der Waals surface area contributed by atoms with E-state index in [1.807, 2.05) is 17.8 Å². The Bertz CT molecular complexity index is 896. The minimum Gasteiger partial charge on any atom is -0.377 e. The summed E-state index contributed by atoms with van der Waals surface area (Å²) in [4.78, 5) is 9.03. The van der Waals surface area contributed by atoms with Crippen molar-refractivity contribution >= 4 is 41.5 Å². The van der Waals surface area contributed by atoms with E-state index >= 15 is 0 Å². The molecule has 1 aromatic heterocycles. The summed E-state index contributed by atoms with van der Waals surface area (Å²) in [6, 6.07) is 8.60. The Morgan fingerprint density at radius 2 is 2.16 bits per heavy atom. The van der Waals surface area contributed by atoms with Gasteiger partial charge >= 0.3 is 0 Å². The number of aryl methyl sites for hydroxylation is 1. The van der Waals surface area contributed by atoms with E-state index < -0.39 is 0 Å². The average molecular weight is 559 g/mol. The Kier molecular flexibility index (Phi) is 8.58. The third-order valence-electron chi connectivity index (χ3n) is 6.33. The van der Waals surface area contributed by atoms with Crippen LogP contribution < -0.4 is 10.6 Å². The van der Waals surface area contributed by atoms with E-state index in [0.717, 1.165) is 48.6 Å². The van der Waals surface area contributed by atoms with E-state index in [1.54, 1.807) is 7.11 Å². The van der Waals surface area contributed by atoms with Gasteiger partial charge in [-0.2, -0.15) is 5.10 Å². The highest BCUT2D eigenvalue weighted by Crippen LogP contribution is 2.41. The third kappa shape index (κ3) is 5.70. The molecule has 2 aliphatic rings. The summed E-state index contributed by atoms with van der Waals surface area (Å²) in [5.41, 5.74) is 1.44. The number of hydrogen-bond donors (Lipinski definition) is 2. The summed E-state index contributed by atoms with van der Waals surface area (Å²) in [5, 5.41) is 12.5.